The van der Waals surface area contributed by atoms with Crippen LogP contribution in [0.1, 0.15) is 6.42 Å². The third kappa shape index (κ3) is 5.64. The van der Waals surface area contributed by atoms with Gasteiger partial charge in [0.1, 0.15) is 5.75 Å². The molecule has 2 aliphatic heterocycles. The zero-order chi connectivity index (χ0) is 24.9. The van der Waals surface area contributed by atoms with E-state index in [0.29, 0.717) is 0 Å². The van der Waals surface area contributed by atoms with E-state index in [9.17, 15) is 0 Å². The number of nitrogens with zero attached hydrogens (tertiary/aromatic N) is 3. The maximum absolute atomic E-state index is 5.75. The molecule has 2 fully saturated rings. The van der Waals surface area contributed by atoms with E-state index in [2.05, 4.69) is 76.0 Å². The van der Waals surface area contributed by atoms with Gasteiger partial charge in [-0.1, -0.05) is 12.1 Å². The van der Waals surface area contributed by atoms with E-state index in [0.717, 1.165) is 79.6 Å². The molecule has 0 aliphatic carbocycles. The minimum Gasteiger partial charge on any atom is -0.497 e. The van der Waals surface area contributed by atoms with Crippen LogP contribution in [0.3, 0.4) is 0 Å². The second-order valence-corrected chi connectivity index (χ2v) is 9.71. The summed E-state index contributed by atoms with van der Waals surface area (Å²) in [4.78, 5) is 9.91. The highest BCUT2D eigenvalue weighted by molar-refractivity contribution is 5.73. The molecular weight excluding hydrogens is 450 g/mol. The third-order valence-electron chi connectivity index (χ3n) is 7.32. The van der Waals surface area contributed by atoms with Gasteiger partial charge in [-0.3, -0.25) is 0 Å². The predicted molar refractivity (Wildman–Crippen MR) is 147 cm³/mol. The number of methoxy groups -OCH3 is 2. The van der Waals surface area contributed by atoms with Crippen LogP contribution in [0.2, 0.25) is 0 Å². The predicted octanol–water partition coefficient (Wildman–Crippen LogP) is 3.96. The smallest absolute Gasteiger partial charge is 0.118 e. The maximum atomic E-state index is 5.75. The fraction of sp³-hybridized carbons (Fsp3) is 0.414. The zero-order valence-corrected chi connectivity index (χ0v) is 21.5. The van der Waals surface area contributed by atoms with Crippen molar-refractivity contribution in [2.24, 2.45) is 0 Å². The first-order valence-corrected chi connectivity index (χ1v) is 12.8. The van der Waals surface area contributed by atoms with Crippen molar-refractivity contribution < 1.29 is 9.47 Å². The molecule has 7 heteroatoms. The summed E-state index contributed by atoms with van der Waals surface area (Å²) in [5, 5.41) is 7.18. The number of piperidine rings is 1. The Morgan fingerprint density at radius 2 is 1.53 bits per heavy atom. The minimum atomic E-state index is 0.127. The van der Waals surface area contributed by atoms with Crippen LogP contribution in [-0.2, 0) is 4.74 Å². The minimum absolute atomic E-state index is 0.127. The average molecular weight is 488 g/mol. The molecule has 0 spiro atoms. The number of ether oxygens (including phenoxy) is 2. The first-order chi connectivity index (χ1) is 17.6. The number of benzene rings is 2. The number of pyridine rings is 1. The van der Waals surface area contributed by atoms with E-state index in [4.69, 9.17) is 14.5 Å². The molecule has 190 valence electrons. The summed E-state index contributed by atoms with van der Waals surface area (Å²) in [5.74, 6) is 0.838. The van der Waals surface area contributed by atoms with Gasteiger partial charge in [0, 0.05) is 62.3 Å². The van der Waals surface area contributed by atoms with Gasteiger partial charge in [-0.2, -0.15) is 0 Å². The quantitative estimate of drug-likeness (QED) is 0.523. The lowest BCUT2D eigenvalue weighted by Crippen LogP contribution is -2.48. The molecule has 0 unspecified atom stereocenters. The molecule has 2 N–H and O–H groups in total. The standard InChI is InChI=1S/C29H37N5O2/c1-33-14-16-34(17-15-33)24-8-4-21(5-9-24)27-18-23(31-26-12-13-30-20-29(26)36-3)19-28(32-27)22-6-10-25(35-2)11-7-22/h4-11,18-19,26,29-30H,12-17,20H2,1-3H3,(H,31,32)/t26-,29+/m1/s1. The van der Waals surface area contributed by atoms with Gasteiger partial charge in [0.05, 0.1) is 30.6 Å². The lowest BCUT2D eigenvalue weighted by atomic mass is 10.0. The maximum Gasteiger partial charge on any atom is 0.118 e. The number of likely N-dealkylation sites (N-methyl/N-ethyl adjacent to an activating group) is 1. The first kappa shape index (κ1) is 24.6. The summed E-state index contributed by atoms with van der Waals surface area (Å²) in [6.45, 7) is 6.15. The lowest BCUT2D eigenvalue weighted by Gasteiger charge is -2.34. The van der Waals surface area contributed by atoms with E-state index >= 15 is 0 Å². The van der Waals surface area contributed by atoms with Crippen molar-refractivity contribution in [1.29, 1.82) is 0 Å². The summed E-state index contributed by atoms with van der Waals surface area (Å²) in [6.07, 6.45) is 1.14. The van der Waals surface area contributed by atoms with Gasteiger partial charge in [0.15, 0.2) is 0 Å². The number of hydrogen-bond acceptors (Lipinski definition) is 7. The fourth-order valence-corrected chi connectivity index (χ4v) is 5.04. The highest BCUT2D eigenvalue weighted by atomic mass is 16.5. The third-order valence-corrected chi connectivity index (χ3v) is 7.32. The van der Waals surface area contributed by atoms with Crippen LogP contribution in [0, 0.1) is 0 Å². The highest BCUT2D eigenvalue weighted by Gasteiger charge is 2.25. The van der Waals surface area contributed by atoms with Gasteiger partial charge in [-0.05, 0) is 68.5 Å². The number of rotatable bonds is 7. The molecule has 0 bridgehead atoms. The van der Waals surface area contributed by atoms with Gasteiger partial charge < -0.3 is 29.9 Å². The molecule has 0 radical (unpaired) electrons. The molecule has 36 heavy (non-hydrogen) atoms. The Morgan fingerprint density at radius 1 is 0.889 bits per heavy atom. The topological polar surface area (TPSA) is 61.9 Å². The lowest BCUT2D eigenvalue weighted by molar-refractivity contribution is 0.0707. The number of piperazine rings is 1. The summed E-state index contributed by atoms with van der Waals surface area (Å²) < 4.78 is 11.1. The van der Waals surface area contributed by atoms with Crippen LogP contribution < -0.4 is 20.3 Å². The SMILES string of the molecule is COc1ccc(-c2cc(N[C@@H]3CCNC[C@@H]3OC)cc(-c3ccc(N4CCN(C)CC4)cc3)n2)cc1. The molecule has 3 heterocycles. The van der Waals surface area contributed by atoms with Crippen LogP contribution in [0.15, 0.2) is 60.7 Å². The Labute approximate surface area is 214 Å². The normalized spacial score (nSPS) is 20.8. The number of anilines is 2. The molecule has 2 aliphatic rings. The van der Waals surface area contributed by atoms with Crippen LogP contribution in [0.25, 0.3) is 22.5 Å². The van der Waals surface area contributed by atoms with Crippen molar-refractivity contribution >= 4 is 11.4 Å². The van der Waals surface area contributed by atoms with Gasteiger partial charge >= 0.3 is 0 Å². The van der Waals surface area contributed by atoms with Crippen molar-refractivity contribution in [2.45, 2.75) is 18.6 Å². The Hall–Kier alpha value is -3.13. The highest BCUT2D eigenvalue weighted by Crippen LogP contribution is 2.30. The molecule has 2 saturated heterocycles. The molecule has 2 aromatic carbocycles. The van der Waals surface area contributed by atoms with Crippen molar-refractivity contribution in [3.63, 3.8) is 0 Å². The Bertz CT molecular complexity index is 1130. The number of nitrogens with one attached hydrogen (secondary N) is 2. The van der Waals surface area contributed by atoms with Crippen molar-refractivity contribution in [2.75, 3.05) is 70.8 Å². The van der Waals surface area contributed by atoms with Gasteiger partial charge in [-0.25, -0.2) is 4.98 Å². The van der Waals surface area contributed by atoms with Gasteiger partial charge in [0.25, 0.3) is 0 Å². The summed E-state index contributed by atoms with van der Waals surface area (Å²) in [7, 11) is 5.66. The van der Waals surface area contributed by atoms with Crippen LogP contribution in [0.4, 0.5) is 11.4 Å². The van der Waals surface area contributed by atoms with Crippen molar-refractivity contribution in [3.8, 4) is 28.3 Å². The van der Waals surface area contributed by atoms with E-state index < -0.39 is 0 Å². The van der Waals surface area contributed by atoms with E-state index in [1.165, 1.54) is 5.69 Å². The fourth-order valence-electron chi connectivity index (χ4n) is 5.04. The largest absolute Gasteiger partial charge is 0.497 e. The van der Waals surface area contributed by atoms with Crippen LogP contribution in [-0.4, -0.2) is 82.6 Å². The Kier molecular flexibility index (Phi) is 7.70. The van der Waals surface area contributed by atoms with E-state index in [1.807, 2.05) is 12.1 Å². The zero-order valence-electron chi connectivity index (χ0n) is 21.5. The second-order valence-electron chi connectivity index (χ2n) is 9.71. The summed E-state index contributed by atoms with van der Waals surface area (Å²) >= 11 is 0. The Balaban J connectivity index is 1.45. The average Bonchev–Trinajstić information content (AvgIpc) is 2.94. The molecule has 0 amide bonds. The molecular formula is C29H37N5O2. The van der Waals surface area contributed by atoms with Crippen LogP contribution >= 0.6 is 0 Å². The molecule has 5 rings (SSSR count). The molecule has 0 saturated carbocycles. The molecule has 7 nitrogen and oxygen atoms in total. The summed E-state index contributed by atoms with van der Waals surface area (Å²) in [6, 6.07) is 21.5. The second kappa shape index (κ2) is 11.3. The van der Waals surface area contributed by atoms with E-state index in [1.54, 1.807) is 14.2 Å². The van der Waals surface area contributed by atoms with Gasteiger partial charge in [0.2, 0.25) is 0 Å². The number of aromatic nitrogens is 1. The van der Waals surface area contributed by atoms with Gasteiger partial charge in [-0.15, -0.1) is 0 Å². The van der Waals surface area contributed by atoms with Crippen molar-refractivity contribution in [1.82, 2.24) is 15.2 Å². The summed E-state index contributed by atoms with van der Waals surface area (Å²) in [5.41, 5.74) is 6.39. The number of hydrogen-bond donors (Lipinski definition) is 2. The monoisotopic (exact) mass is 487 g/mol. The first-order valence-electron chi connectivity index (χ1n) is 12.8. The molecule has 1 aromatic heterocycles. The van der Waals surface area contributed by atoms with E-state index in [-0.39, 0.29) is 12.1 Å². The van der Waals surface area contributed by atoms with Crippen LogP contribution in [0.5, 0.6) is 5.75 Å². The van der Waals surface area contributed by atoms with Crippen molar-refractivity contribution in [3.05, 3.63) is 60.7 Å². The molecule has 3 aromatic rings. The molecule has 2 atom stereocenters. The Morgan fingerprint density at radius 3 is 2.14 bits per heavy atom.